The molecule has 0 atom stereocenters. The van der Waals surface area contributed by atoms with Crippen molar-refractivity contribution in [2.24, 2.45) is 0 Å². The lowest BCUT2D eigenvalue weighted by Crippen LogP contribution is -2.18. The van der Waals surface area contributed by atoms with E-state index in [2.05, 4.69) is 53.7 Å². The van der Waals surface area contributed by atoms with Crippen LogP contribution in [-0.2, 0) is 15.6 Å². The second-order valence-electron chi connectivity index (χ2n) is 10.7. The minimum Gasteiger partial charge on any atom is -0.386 e. The fourth-order valence-corrected chi connectivity index (χ4v) is 4.02. The van der Waals surface area contributed by atoms with Crippen molar-refractivity contribution in [3.05, 3.63) is 95.1 Å². The summed E-state index contributed by atoms with van der Waals surface area (Å²) in [6.07, 6.45) is 0. The van der Waals surface area contributed by atoms with Crippen molar-refractivity contribution >= 4 is 33.5 Å². The second-order valence-corrected chi connectivity index (χ2v) is 10.7. The summed E-state index contributed by atoms with van der Waals surface area (Å²) in [7, 11) is 0. The average molecular weight is 439 g/mol. The van der Waals surface area contributed by atoms with E-state index in [1.54, 1.807) is 0 Å². The zero-order valence-electron chi connectivity index (χ0n) is 20.2. The van der Waals surface area contributed by atoms with Crippen LogP contribution >= 0.6 is 0 Å². The van der Waals surface area contributed by atoms with E-state index in [0.717, 1.165) is 32.7 Å². The number of hydrogen-bond donors (Lipinski definition) is 0. The van der Waals surface area contributed by atoms with Gasteiger partial charge in [-0.1, -0.05) is 102 Å². The van der Waals surface area contributed by atoms with Crippen LogP contribution in [0.5, 0.6) is 0 Å². The minimum atomic E-state index is -0.632. The van der Waals surface area contributed by atoms with Gasteiger partial charge in [0.25, 0.3) is 0 Å². The molecule has 3 nitrogen and oxygen atoms in total. The molecule has 0 saturated heterocycles. The molecule has 0 aromatic heterocycles. The standard InChI is InChI=1S/C30H30O3/c1-29(2,3)21-15-19-11-7-9-13-23(19)25(17-21)27(31)33-28(32)26-18-22(30(4,5)6)16-20-12-8-10-14-24(20)26/h7-18H,1-6H3. The molecule has 4 aromatic rings. The number of rotatable bonds is 2. The Labute approximate surface area is 195 Å². The predicted octanol–water partition coefficient (Wildman–Crippen LogP) is 7.59. The smallest absolute Gasteiger partial charge is 0.346 e. The number of carbonyl (C=O) groups excluding carboxylic acids is 2. The molecule has 0 spiro atoms. The first-order valence-electron chi connectivity index (χ1n) is 11.3. The van der Waals surface area contributed by atoms with E-state index < -0.39 is 11.9 Å². The molecule has 0 heterocycles. The Bertz CT molecular complexity index is 1270. The van der Waals surface area contributed by atoms with Crippen LogP contribution in [0.15, 0.2) is 72.8 Å². The Morgan fingerprint density at radius 2 is 0.939 bits per heavy atom. The highest BCUT2D eigenvalue weighted by molar-refractivity contribution is 6.13. The molecule has 0 aliphatic heterocycles. The monoisotopic (exact) mass is 438 g/mol. The number of fused-ring (bicyclic) bond motifs is 2. The van der Waals surface area contributed by atoms with Crippen LogP contribution in [-0.4, -0.2) is 11.9 Å². The molecule has 33 heavy (non-hydrogen) atoms. The van der Waals surface area contributed by atoms with Crippen LogP contribution in [0, 0.1) is 0 Å². The number of benzene rings is 4. The van der Waals surface area contributed by atoms with Crippen molar-refractivity contribution in [3.63, 3.8) is 0 Å². The van der Waals surface area contributed by atoms with Crippen LogP contribution < -0.4 is 0 Å². The fraction of sp³-hybridized carbons (Fsp3) is 0.267. The van der Waals surface area contributed by atoms with E-state index in [0.29, 0.717) is 11.1 Å². The molecule has 0 saturated carbocycles. The van der Waals surface area contributed by atoms with Crippen LogP contribution in [0.25, 0.3) is 21.5 Å². The predicted molar refractivity (Wildman–Crippen MR) is 135 cm³/mol. The van der Waals surface area contributed by atoms with Gasteiger partial charge >= 0.3 is 11.9 Å². The second kappa shape index (κ2) is 8.15. The van der Waals surface area contributed by atoms with Crippen molar-refractivity contribution < 1.29 is 14.3 Å². The number of hydrogen-bond acceptors (Lipinski definition) is 3. The van der Waals surface area contributed by atoms with E-state index in [1.807, 2.05) is 60.7 Å². The molecule has 0 fully saturated rings. The molecular weight excluding hydrogens is 408 g/mol. The molecular formula is C30H30O3. The number of carbonyl (C=O) groups is 2. The first-order chi connectivity index (χ1) is 15.4. The lowest BCUT2D eigenvalue weighted by Gasteiger charge is -2.21. The van der Waals surface area contributed by atoms with Crippen molar-refractivity contribution in [2.45, 2.75) is 52.4 Å². The fourth-order valence-electron chi connectivity index (χ4n) is 4.02. The highest BCUT2D eigenvalue weighted by atomic mass is 16.6. The molecule has 0 unspecified atom stereocenters. The van der Waals surface area contributed by atoms with Crippen molar-refractivity contribution in [1.29, 1.82) is 0 Å². The maximum Gasteiger partial charge on any atom is 0.346 e. The van der Waals surface area contributed by atoms with Gasteiger partial charge in [-0.15, -0.1) is 0 Å². The zero-order chi connectivity index (χ0) is 24.0. The third kappa shape index (κ3) is 4.54. The summed E-state index contributed by atoms with van der Waals surface area (Å²) in [5.74, 6) is -1.26. The number of ether oxygens (including phenoxy) is 1. The zero-order valence-corrected chi connectivity index (χ0v) is 20.2. The maximum absolute atomic E-state index is 13.3. The first kappa shape index (κ1) is 22.7. The first-order valence-corrected chi connectivity index (χ1v) is 11.3. The van der Waals surface area contributed by atoms with Gasteiger partial charge in [0.1, 0.15) is 0 Å². The summed E-state index contributed by atoms with van der Waals surface area (Å²) in [6, 6.07) is 23.3. The summed E-state index contributed by atoms with van der Waals surface area (Å²) < 4.78 is 5.50. The molecule has 0 radical (unpaired) electrons. The van der Waals surface area contributed by atoms with Crippen molar-refractivity contribution in [2.75, 3.05) is 0 Å². The Morgan fingerprint density at radius 3 is 1.30 bits per heavy atom. The van der Waals surface area contributed by atoms with Crippen LogP contribution in [0.4, 0.5) is 0 Å². The molecule has 0 N–H and O–H groups in total. The lowest BCUT2D eigenvalue weighted by molar-refractivity contribution is 0.0400. The van der Waals surface area contributed by atoms with Gasteiger partial charge in [0.15, 0.2) is 0 Å². The van der Waals surface area contributed by atoms with Crippen molar-refractivity contribution in [1.82, 2.24) is 0 Å². The van der Waals surface area contributed by atoms with Crippen molar-refractivity contribution in [3.8, 4) is 0 Å². The summed E-state index contributed by atoms with van der Waals surface area (Å²) in [5, 5.41) is 3.45. The highest BCUT2D eigenvalue weighted by Gasteiger charge is 2.24. The summed E-state index contributed by atoms with van der Waals surface area (Å²) in [6.45, 7) is 12.6. The SMILES string of the molecule is CC(C)(C)c1cc(C(=O)OC(=O)c2cc(C(C)(C)C)cc3ccccc23)c2ccccc2c1. The van der Waals surface area contributed by atoms with Gasteiger partial charge in [-0.25, -0.2) is 9.59 Å². The van der Waals surface area contributed by atoms with Gasteiger partial charge in [-0.3, -0.25) is 0 Å². The third-order valence-electron chi connectivity index (χ3n) is 6.08. The van der Waals surface area contributed by atoms with E-state index >= 15 is 0 Å². The van der Waals surface area contributed by atoms with Crippen LogP contribution in [0.1, 0.15) is 73.4 Å². The molecule has 0 bridgehead atoms. The molecule has 4 rings (SSSR count). The van der Waals surface area contributed by atoms with E-state index in [4.69, 9.17) is 4.74 Å². The van der Waals surface area contributed by atoms with Gasteiger partial charge < -0.3 is 4.74 Å². The van der Waals surface area contributed by atoms with Gasteiger partial charge in [0.2, 0.25) is 0 Å². The summed E-state index contributed by atoms with van der Waals surface area (Å²) in [5.41, 5.74) is 2.53. The highest BCUT2D eigenvalue weighted by Crippen LogP contribution is 2.31. The van der Waals surface area contributed by atoms with Gasteiger partial charge in [-0.05, 0) is 55.6 Å². The Morgan fingerprint density at radius 1 is 0.576 bits per heavy atom. The molecule has 3 heteroatoms. The molecule has 0 aliphatic carbocycles. The third-order valence-corrected chi connectivity index (χ3v) is 6.08. The van der Waals surface area contributed by atoms with Gasteiger partial charge in [0, 0.05) is 0 Å². The lowest BCUT2D eigenvalue weighted by atomic mass is 9.84. The average Bonchev–Trinajstić information content (AvgIpc) is 2.76. The van der Waals surface area contributed by atoms with E-state index in [1.165, 1.54) is 0 Å². The van der Waals surface area contributed by atoms with Gasteiger partial charge in [0.05, 0.1) is 11.1 Å². The van der Waals surface area contributed by atoms with E-state index in [9.17, 15) is 9.59 Å². The normalized spacial score (nSPS) is 12.2. The maximum atomic E-state index is 13.3. The molecule has 0 amide bonds. The largest absolute Gasteiger partial charge is 0.386 e. The number of esters is 2. The van der Waals surface area contributed by atoms with Gasteiger partial charge in [-0.2, -0.15) is 0 Å². The Balaban J connectivity index is 1.79. The molecule has 0 aliphatic rings. The quantitative estimate of drug-likeness (QED) is 0.239. The van der Waals surface area contributed by atoms with Crippen LogP contribution in [0.2, 0.25) is 0 Å². The Kier molecular flexibility index (Phi) is 5.61. The topological polar surface area (TPSA) is 43.4 Å². The van der Waals surface area contributed by atoms with Crippen LogP contribution in [0.3, 0.4) is 0 Å². The summed E-state index contributed by atoms with van der Waals surface area (Å²) in [4.78, 5) is 26.6. The molecule has 4 aromatic carbocycles. The Hall–Kier alpha value is -3.46. The van der Waals surface area contributed by atoms with E-state index in [-0.39, 0.29) is 10.8 Å². The molecule has 168 valence electrons. The minimum absolute atomic E-state index is 0.152. The summed E-state index contributed by atoms with van der Waals surface area (Å²) >= 11 is 0.